The highest BCUT2D eigenvalue weighted by atomic mass is 32.2. The van der Waals surface area contributed by atoms with E-state index in [1.54, 1.807) is 53.4 Å². The first kappa shape index (κ1) is 30.3. The Kier molecular flexibility index (Phi) is 10.3. The van der Waals surface area contributed by atoms with Gasteiger partial charge in [0.25, 0.3) is 21.8 Å². The van der Waals surface area contributed by atoms with Gasteiger partial charge >= 0.3 is 0 Å². The molecule has 0 spiro atoms. The predicted molar refractivity (Wildman–Crippen MR) is 156 cm³/mol. The Morgan fingerprint density at radius 2 is 1.67 bits per heavy atom. The number of nitrogens with one attached hydrogen (secondary N) is 1. The standard InChI is InChI=1S/C29H32N4O8S/c1-38-26-13-10-23(18-27(26)39-2)33(42(36,37)25-6-4-3-5-7-25)20-28(34)31-30-19-22-8-11-24(12-9-22)41-21-29(35)32-14-16-40-17-15-32/h3-13,18-19H,14-17,20-21H2,1-2H3,(H,31,34)/b30-19-. The third kappa shape index (κ3) is 7.77. The number of ether oxygens (including phenoxy) is 4. The molecule has 0 saturated carbocycles. The number of sulfonamides is 1. The monoisotopic (exact) mass is 596 g/mol. The Bertz CT molecular complexity index is 1490. The smallest absolute Gasteiger partial charge is 0.264 e. The molecule has 1 fully saturated rings. The van der Waals surface area contributed by atoms with Crippen LogP contribution in [0.15, 0.2) is 82.8 Å². The van der Waals surface area contributed by atoms with Gasteiger partial charge < -0.3 is 23.8 Å². The number of hydrazone groups is 1. The van der Waals surface area contributed by atoms with E-state index in [4.69, 9.17) is 18.9 Å². The zero-order valence-electron chi connectivity index (χ0n) is 23.3. The van der Waals surface area contributed by atoms with E-state index >= 15 is 0 Å². The highest BCUT2D eigenvalue weighted by molar-refractivity contribution is 7.92. The van der Waals surface area contributed by atoms with Crippen molar-refractivity contribution in [2.75, 3.05) is 58.0 Å². The number of nitrogens with zero attached hydrogens (tertiary/aromatic N) is 3. The Labute approximate surface area is 244 Å². The maximum absolute atomic E-state index is 13.5. The van der Waals surface area contributed by atoms with Gasteiger partial charge in [0.1, 0.15) is 12.3 Å². The van der Waals surface area contributed by atoms with Crippen LogP contribution in [0.4, 0.5) is 5.69 Å². The van der Waals surface area contributed by atoms with Crippen LogP contribution in [0.3, 0.4) is 0 Å². The molecule has 1 aliphatic heterocycles. The summed E-state index contributed by atoms with van der Waals surface area (Å²) in [4.78, 5) is 26.8. The maximum atomic E-state index is 13.5. The number of rotatable bonds is 12. The molecule has 1 heterocycles. The van der Waals surface area contributed by atoms with E-state index in [1.165, 1.54) is 44.7 Å². The molecule has 1 saturated heterocycles. The quantitative estimate of drug-likeness (QED) is 0.249. The lowest BCUT2D eigenvalue weighted by atomic mass is 10.2. The van der Waals surface area contributed by atoms with Gasteiger partial charge in [-0.15, -0.1) is 0 Å². The van der Waals surface area contributed by atoms with Gasteiger partial charge in [-0.1, -0.05) is 18.2 Å². The van der Waals surface area contributed by atoms with Crippen LogP contribution in [-0.2, 0) is 24.3 Å². The number of benzene rings is 3. The van der Waals surface area contributed by atoms with Crippen molar-refractivity contribution in [3.8, 4) is 17.2 Å². The van der Waals surface area contributed by atoms with Gasteiger partial charge in [-0.25, -0.2) is 13.8 Å². The lowest BCUT2D eigenvalue weighted by Crippen LogP contribution is -2.42. The van der Waals surface area contributed by atoms with Crippen LogP contribution in [0.25, 0.3) is 0 Å². The van der Waals surface area contributed by atoms with Crippen molar-refractivity contribution in [1.82, 2.24) is 10.3 Å². The van der Waals surface area contributed by atoms with Gasteiger partial charge in [-0.3, -0.25) is 13.9 Å². The number of carbonyl (C=O) groups is 2. The predicted octanol–water partition coefficient (Wildman–Crippen LogP) is 2.29. The van der Waals surface area contributed by atoms with Crippen molar-refractivity contribution >= 4 is 33.7 Å². The van der Waals surface area contributed by atoms with E-state index in [9.17, 15) is 18.0 Å². The third-order valence-corrected chi connectivity index (χ3v) is 8.07. The molecule has 0 aliphatic carbocycles. The molecular weight excluding hydrogens is 564 g/mol. The van der Waals surface area contributed by atoms with Crippen LogP contribution in [0.2, 0.25) is 0 Å². The molecule has 0 bridgehead atoms. The molecule has 0 aromatic heterocycles. The van der Waals surface area contributed by atoms with Crippen LogP contribution in [-0.4, -0.2) is 85.0 Å². The molecule has 0 unspecified atom stereocenters. The van der Waals surface area contributed by atoms with Crippen molar-refractivity contribution < 1.29 is 37.0 Å². The van der Waals surface area contributed by atoms with E-state index in [2.05, 4.69) is 10.5 Å². The second-order valence-electron chi connectivity index (χ2n) is 9.01. The molecule has 1 aliphatic rings. The number of methoxy groups -OCH3 is 2. The second-order valence-corrected chi connectivity index (χ2v) is 10.9. The summed E-state index contributed by atoms with van der Waals surface area (Å²) in [5.41, 5.74) is 3.23. The summed E-state index contributed by atoms with van der Waals surface area (Å²) in [6.45, 7) is 1.52. The zero-order valence-corrected chi connectivity index (χ0v) is 24.1. The highest BCUT2D eigenvalue weighted by Gasteiger charge is 2.28. The number of hydrogen-bond acceptors (Lipinski definition) is 9. The molecule has 3 aromatic rings. The van der Waals surface area contributed by atoms with Crippen molar-refractivity contribution in [3.63, 3.8) is 0 Å². The van der Waals surface area contributed by atoms with Gasteiger partial charge in [-0.05, 0) is 54.1 Å². The molecule has 12 nitrogen and oxygen atoms in total. The first-order chi connectivity index (χ1) is 20.3. The Balaban J connectivity index is 1.40. The molecular formula is C29H32N4O8S. The van der Waals surface area contributed by atoms with E-state index in [-0.39, 0.29) is 23.1 Å². The first-order valence-electron chi connectivity index (χ1n) is 13.0. The average molecular weight is 597 g/mol. The Morgan fingerprint density at radius 3 is 2.33 bits per heavy atom. The third-order valence-electron chi connectivity index (χ3n) is 6.28. The van der Waals surface area contributed by atoms with Crippen molar-refractivity contribution in [2.45, 2.75) is 4.90 Å². The summed E-state index contributed by atoms with van der Waals surface area (Å²) >= 11 is 0. The summed E-state index contributed by atoms with van der Waals surface area (Å²) < 4.78 is 49.4. The first-order valence-corrected chi connectivity index (χ1v) is 14.5. The number of hydrogen-bond donors (Lipinski definition) is 1. The van der Waals surface area contributed by atoms with E-state index < -0.39 is 22.5 Å². The summed E-state index contributed by atoms with van der Waals surface area (Å²) in [6, 6.07) is 19.1. The zero-order chi connectivity index (χ0) is 30.0. The van der Waals surface area contributed by atoms with Crippen molar-refractivity contribution in [2.24, 2.45) is 5.10 Å². The maximum Gasteiger partial charge on any atom is 0.264 e. The summed E-state index contributed by atoms with van der Waals surface area (Å²) in [7, 11) is -1.22. The Hall–Kier alpha value is -4.62. The second kappa shape index (κ2) is 14.3. The Morgan fingerprint density at radius 1 is 0.976 bits per heavy atom. The van der Waals surface area contributed by atoms with E-state index in [1.807, 2.05) is 0 Å². The molecule has 42 heavy (non-hydrogen) atoms. The summed E-state index contributed by atoms with van der Waals surface area (Å²) in [5, 5.41) is 3.97. The van der Waals surface area contributed by atoms with Gasteiger partial charge in [0, 0.05) is 19.2 Å². The molecule has 3 aromatic carbocycles. The molecule has 222 valence electrons. The topological polar surface area (TPSA) is 136 Å². The normalized spacial score (nSPS) is 13.4. The van der Waals surface area contributed by atoms with Crippen LogP contribution < -0.4 is 23.9 Å². The minimum absolute atomic E-state index is 0.0186. The number of morpholine rings is 1. The molecule has 0 atom stereocenters. The highest BCUT2D eigenvalue weighted by Crippen LogP contribution is 2.33. The molecule has 4 rings (SSSR count). The SMILES string of the molecule is COc1ccc(N(CC(=O)N/N=C\c2ccc(OCC(=O)N3CCOCC3)cc2)S(=O)(=O)c2ccccc2)cc1OC. The number of anilines is 1. The minimum Gasteiger partial charge on any atom is -0.493 e. The lowest BCUT2D eigenvalue weighted by molar-refractivity contribution is -0.137. The summed E-state index contributed by atoms with van der Waals surface area (Å²) in [6.07, 6.45) is 1.41. The average Bonchev–Trinajstić information content (AvgIpc) is 3.03. The number of carbonyl (C=O) groups excluding carboxylic acids is 2. The van der Waals surface area contributed by atoms with Gasteiger partial charge in [0.05, 0.1) is 44.2 Å². The summed E-state index contributed by atoms with van der Waals surface area (Å²) in [5.74, 6) is 0.451. The van der Waals surface area contributed by atoms with Gasteiger partial charge in [-0.2, -0.15) is 5.10 Å². The van der Waals surface area contributed by atoms with Crippen LogP contribution in [0.1, 0.15) is 5.56 Å². The fourth-order valence-electron chi connectivity index (χ4n) is 4.06. The molecule has 13 heteroatoms. The van der Waals surface area contributed by atoms with Crippen molar-refractivity contribution in [3.05, 3.63) is 78.4 Å². The molecule has 0 radical (unpaired) electrons. The largest absolute Gasteiger partial charge is 0.493 e. The molecule has 1 N–H and O–H groups in total. The van der Waals surface area contributed by atoms with E-state index in [0.717, 1.165) is 4.31 Å². The van der Waals surface area contributed by atoms with Gasteiger partial charge in [0.2, 0.25) is 0 Å². The van der Waals surface area contributed by atoms with Crippen molar-refractivity contribution in [1.29, 1.82) is 0 Å². The number of amides is 2. The van der Waals surface area contributed by atoms with E-state index in [0.29, 0.717) is 49.1 Å². The minimum atomic E-state index is -4.12. The van der Waals surface area contributed by atoms with Crippen LogP contribution >= 0.6 is 0 Å². The fraction of sp³-hybridized carbons (Fsp3) is 0.276. The van der Waals surface area contributed by atoms with Crippen LogP contribution in [0.5, 0.6) is 17.2 Å². The fourth-order valence-corrected chi connectivity index (χ4v) is 5.49. The molecule has 2 amide bonds. The van der Waals surface area contributed by atoms with Gasteiger partial charge in [0.15, 0.2) is 18.1 Å². The van der Waals surface area contributed by atoms with Crippen LogP contribution in [0, 0.1) is 0 Å². The lowest BCUT2D eigenvalue weighted by Gasteiger charge is -2.26.